The molecule has 0 aliphatic carbocycles. The van der Waals surface area contributed by atoms with Crippen LogP contribution in [0.25, 0.3) is 10.9 Å². The molecule has 152 valence electrons. The number of benzene rings is 1. The number of aryl methyl sites for hydroxylation is 1. The minimum atomic E-state index is -0.168. The van der Waals surface area contributed by atoms with E-state index in [2.05, 4.69) is 26.8 Å². The highest BCUT2D eigenvalue weighted by Gasteiger charge is 2.29. The van der Waals surface area contributed by atoms with Gasteiger partial charge in [-0.2, -0.15) is 0 Å². The molecule has 0 spiro atoms. The van der Waals surface area contributed by atoms with E-state index in [1.54, 1.807) is 25.5 Å². The molecule has 29 heavy (non-hydrogen) atoms. The molecule has 1 fully saturated rings. The fraction of sp³-hybridized carbons (Fsp3) is 0.400. The highest BCUT2D eigenvalue weighted by atomic mass is 35.5. The van der Waals surface area contributed by atoms with Crippen LogP contribution in [0.2, 0.25) is 5.02 Å². The van der Waals surface area contributed by atoms with E-state index in [9.17, 15) is 4.79 Å². The zero-order chi connectivity index (χ0) is 20.6. The van der Waals surface area contributed by atoms with E-state index >= 15 is 0 Å². The predicted octanol–water partition coefficient (Wildman–Crippen LogP) is 3.09. The SMILES string of the molecule is Cn1cnc2ccc(Sc3cnc(N4CCC(C)(CN)CC4)cn3)c(Cl)c2c1=O. The number of aromatic nitrogens is 4. The summed E-state index contributed by atoms with van der Waals surface area (Å²) in [6.07, 6.45) is 7.14. The van der Waals surface area contributed by atoms with Crippen LogP contribution in [0.3, 0.4) is 0 Å². The van der Waals surface area contributed by atoms with Crippen LogP contribution in [0.1, 0.15) is 19.8 Å². The molecule has 1 aliphatic rings. The van der Waals surface area contributed by atoms with Crippen LogP contribution >= 0.6 is 23.4 Å². The number of fused-ring (bicyclic) bond motifs is 1. The first-order valence-electron chi connectivity index (χ1n) is 9.49. The molecular formula is C20H23ClN6OS. The van der Waals surface area contributed by atoms with Crippen molar-refractivity contribution in [1.82, 2.24) is 19.5 Å². The largest absolute Gasteiger partial charge is 0.355 e. The standard InChI is InChI=1S/C20H23ClN6OS/c1-20(11-22)5-7-27(8-6-20)15-9-24-16(10-23-15)29-14-4-3-13-17(18(14)21)19(28)26(2)12-25-13/h3-4,9-10,12H,5-8,11,22H2,1-2H3. The fourth-order valence-electron chi connectivity index (χ4n) is 3.43. The molecule has 3 heterocycles. The molecule has 1 aromatic carbocycles. The molecule has 2 N–H and O–H groups in total. The van der Waals surface area contributed by atoms with E-state index in [4.69, 9.17) is 17.3 Å². The Labute approximate surface area is 178 Å². The Balaban J connectivity index is 1.53. The molecule has 0 saturated carbocycles. The Morgan fingerprint density at radius 3 is 2.62 bits per heavy atom. The van der Waals surface area contributed by atoms with Crippen molar-refractivity contribution in [3.05, 3.63) is 46.2 Å². The summed E-state index contributed by atoms with van der Waals surface area (Å²) in [5.74, 6) is 0.871. The van der Waals surface area contributed by atoms with Crippen molar-refractivity contribution >= 4 is 40.1 Å². The van der Waals surface area contributed by atoms with Gasteiger partial charge in [0, 0.05) is 25.0 Å². The van der Waals surface area contributed by atoms with E-state index < -0.39 is 0 Å². The van der Waals surface area contributed by atoms with Crippen LogP contribution in [-0.2, 0) is 7.05 Å². The van der Waals surface area contributed by atoms with Gasteiger partial charge in [-0.05, 0) is 36.9 Å². The summed E-state index contributed by atoms with van der Waals surface area (Å²) >= 11 is 7.91. The Hall–Kier alpha value is -2.16. The molecule has 7 nitrogen and oxygen atoms in total. The van der Waals surface area contributed by atoms with E-state index in [1.807, 2.05) is 6.07 Å². The maximum absolute atomic E-state index is 12.4. The molecule has 3 aromatic rings. The van der Waals surface area contributed by atoms with Crippen LogP contribution in [0.5, 0.6) is 0 Å². The Bertz CT molecular complexity index is 1090. The van der Waals surface area contributed by atoms with Gasteiger partial charge in [0.05, 0.1) is 34.6 Å². The lowest BCUT2D eigenvalue weighted by atomic mass is 9.80. The third kappa shape index (κ3) is 3.97. The van der Waals surface area contributed by atoms with Crippen molar-refractivity contribution < 1.29 is 0 Å². The zero-order valence-corrected chi connectivity index (χ0v) is 18.0. The number of nitrogens with zero attached hydrogens (tertiary/aromatic N) is 5. The van der Waals surface area contributed by atoms with E-state index in [1.165, 1.54) is 22.7 Å². The first-order chi connectivity index (χ1) is 13.9. The van der Waals surface area contributed by atoms with Gasteiger partial charge >= 0.3 is 0 Å². The maximum Gasteiger partial charge on any atom is 0.262 e. The smallest absolute Gasteiger partial charge is 0.262 e. The van der Waals surface area contributed by atoms with Crippen molar-refractivity contribution in [1.29, 1.82) is 0 Å². The van der Waals surface area contributed by atoms with Crippen LogP contribution in [-0.4, -0.2) is 39.2 Å². The van der Waals surface area contributed by atoms with Crippen molar-refractivity contribution in [2.75, 3.05) is 24.5 Å². The number of halogens is 1. The van der Waals surface area contributed by atoms with Crippen LogP contribution < -0.4 is 16.2 Å². The molecule has 0 bridgehead atoms. The average Bonchev–Trinajstić information content (AvgIpc) is 2.74. The lowest BCUT2D eigenvalue weighted by molar-refractivity contribution is 0.258. The highest BCUT2D eigenvalue weighted by molar-refractivity contribution is 7.99. The Morgan fingerprint density at radius 1 is 1.21 bits per heavy atom. The minimum absolute atomic E-state index is 0.168. The summed E-state index contributed by atoms with van der Waals surface area (Å²) in [6, 6.07) is 3.66. The van der Waals surface area contributed by atoms with Gasteiger partial charge < -0.3 is 15.2 Å². The van der Waals surface area contributed by atoms with Crippen LogP contribution in [0.15, 0.2) is 45.6 Å². The second kappa shape index (κ2) is 7.93. The Morgan fingerprint density at radius 2 is 1.97 bits per heavy atom. The zero-order valence-electron chi connectivity index (χ0n) is 16.4. The highest BCUT2D eigenvalue weighted by Crippen LogP contribution is 2.36. The summed E-state index contributed by atoms with van der Waals surface area (Å²) in [5.41, 5.74) is 6.53. The summed E-state index contributed by atoms with van der Waals surface area (Å²) in [5, 5.41) is 1.53. The third-order valence-electron chi connectivity index (χ3n) is 5.61. The minimum Gasteiger partial charge on any atom is -0.355 e. The lowest BCUT2D eigenvalue weighted by Crippen LogP contribution is -2.42. The topological polar surface area (TPSA) is 89.9 Å². The predicted molar refractivity (Wildman–Crippen MR) is 117 cm³/mol. The Kier molecular flexibility index (Phi) is 5.50. The number of hydrogen-bond acceptors (Lipinski definition) is 7. The van der Waals surface area contributed by atoms with E-state index in [0.717, 1.165) is 41.7 Å². The van der Waals surface area contributed by atoms with Gasteiger partial charge in [-0.15, -0.1) is 0 Å². The first kappa shape index (κ1) is 20.1. The van der Waals surface area contributed by atoms with Gasteiger partial charge in [0.25, 0.3) is 5.56 Å². The number of rotatable bonds is 4. The fourth-order valence-corrected chi connectivity index (χ4v) is 4.55. The van der Waals surface area contributed by atoms with Gasteiger partial charge in [-0.3, -0.25) is 4.79 Å². The summed E-state index contributed by atoms with van der Waals surface area (Å²) in [4.78, 5) is 28.8. The van der Waals surface area contributed by atoms with Crippen molar-refractivity contribution in [3.8, 4) is 0 Å². The molecule has 0 atom stereocenters. The molecule has 4 rings (SSSR count). The van der Waals surface area contributed by atoms with E-state index in [0.29, 0.717) is 22.5 Å². The van der Waals surface area contributed by atoms with Gasteiger partial charge in [0.1, 0.15) is 10.8 Å². The van der Waals surface area contributed by atoms with Crippen LogP contribution in [0, 0.1) is 5.41 Å². The van der Waals surface area contributed by atoms with Gasteiger partial charge in [-0.1, -0.05) is 30.3 Å². The summed E-state index contributed by atoms with van der Waals surface area (Å²) in [6.45, 7) is 4.82. The van der Waals surface area contributed by atoms with Crippen LogP contribution in [0.4, 0.5) is 5.82 Å². The van der Waals surface area contributed by atoms with Gasteiger partial charge in [-0.25, -0.2) is 15.0 Å². The molecule has 2 aromatic heterocycles. The number of hydrogen-bond donors (Lipinski definition) is 1. The molecule has 0 amide bonds. The quantitative estimate of drug-likeness (QED) is 0.680. The monoisotopic (exact) mass is 430 g/mol. The van der Waals surface area contributed by atoms with Crippen molar-refractivity contribution in [2.45, 2.75) is 29.7 Å². The van der Waals surface area contributed by atoms with Crippen molar-refractivity contribution in [2.24, 2.45) is 18.2 Å². The van der Waals surface area contributed by atoms with Gasteiger partial charge in [0.15, 0.2) is 0 Å². The third-order valence-corrected chi connectivity index (χ3v) is 7.09. The average molecular weight is 431 g/mol. The van der Waals surface area contributed by atoms with Crippen molar-refractivity contribution in [3.63, 3.8) is 0 Å². The molecule has 0 radical (unpaired) electrons. The lowest BCUT2D eigenvalue weighted by Gasteiger charge is -2.39. The number of piperidine rings is 1. The normalized spacial score (nSPS) is 16.3. The molecule has 1 aliphatic heterocycles. The number of anilines is 1. The molecule has 1 saturated heterocycles. The summed E-state index contributed by atoms with van der Waals surface area (Å²) in [7, 11) is 1.66. The molecular weight excluding hydrogens is 408 g/mol. The maximum atomic E-state index is 12.4. The molecule has 0 unspecified atom stereocenters. The second-order valence-corrected chi connectivity index (χ2v) is 9.19. The summed E-state index contributed by atoms with van der Waals surface area (Å²) < 4.78 is 1.42. The van der Waals surface area contributed by atoms with Gasteiger partial charge in [0.2, 0.25) is 0 Å². The van der Waals surface area contributed by atoms with E-state index in [-0.39, 0.29) is 11.0 Å². The molecule has 9 heteroatoms. The number of nitrogens with two attached hydrogens (primary N) is 1. The second-order valence-electron chi connectivity index (χ2n) is 7.75. The first-order valence-corrected chi connectivity index (χ1v) is 10.7.